The molecule has 7 heteroatoms. The number of para-hydroxylation sites is 1. The number of carbonyl (C=O) groups is 1. The maximum absolute atomic E-state index is 12.9. The van der Waals surface area contributed by atoms with E-state index in [0.29, 0.717) is 18.5 Å². The lowest BCUT2D eigenvalue weighted by molar-refractivity contribution is -0.129. The van der Waals surface area contributed by atoms with Gasteiger partial charge >= 0.3 is 0 Å². The molecule has 2 fully saturated rings. The van der Waals surface area contributed by atoms with E-state index in [-0.39, 0.29) is 18.0 Å². The van der Waals surface area contributed by atoms with Crippen LogP contribution in [-0.2, 0) is 17.9 Å². The lowest BCUT2D eigenvalue weighted by Crippen LogP contribution is -2.37. The largest absolute Gasteiger partial charge is 0.334 e. The number of carbonyl (C=O) groups excluding carboxylic acids is 1. The van der Waals surface area contributed by atoms with E-state index in [4.69, 9.17) is 5.26 Å². The molecule has 2 aliphatic rings. The van der Waals surface area contributed by atoms with Gasteiger partial charge in [0.1, 0.15) is 12.7 Å². The van der Waals surface area contributed by atoms with Crippen LogP contribution in [0.4, 0.5) is 0 Å². The molecule has 5 rings (SSSR count). The summed E-state index contributed by atoms with van der Waals surface area (Å²) in [6.45, 7) is 2.31. The summed E-state index contributed by atoms with van der Waals surface area (Å²) < 4.78 is 1.75. The summed E-state index contributed by atoms with van der Waals surface area (Å²) in [6.07, 6.45) is 4.72. The van der Waals surface area contributed by atoms with Crippen LogP contribution in [0.1, 0.15) is 29.5 Å². The third-order valence-corrected chi connectivity index (χ3v) is 6.17. The number of amides is 1. The number of aromatic nitrogens is 3. The Labute approximate surface area is 175 Å². The fourth-order valence-corrected chi connectivity index (χ4v) is 4.77. The van der Waals surface area contributed by atoms with Gasteiger partial charge in [0, 0.05) is 38.1 Å². The molecule has 0 N–H and O–H groups in total. The van der Waals surface area contributed by atoms with E-state index in [1.54, 1.807) is 11.0 Å². The fourth-order valence-electron chi connectivity index (χ4n) is 4.77. The first-order chi connectivity index (χ1) is 14.7. The highest BCUT2D eigenvalue weighted by molar-refractivity contribution is 5.80. The van der Waals surface area contributed by atoms with Crippen molar-refractivity contribution in [3.63, 3.8) is 0 Å². The maximum atomic E-state index is 12.9. The Morgan fingerprint density at radius 2 is 2.00 bits per heavy atom. The van der Waals surface area contributed by atoms with Gasteiger partial charge < -0.3 is 4.90 Å². The van der Waals surface area contributed by atoms with Gasteiger partial charge in [-0.1, -0.05) is 30.3 Å². The minimum absolute atomic E-state index is 0.203. The van der Waals surface area contributed by atoms with Crippen molar-refractivity contribution in [2.75, 3.05) is 6.54 Å². The molecule has 1 amide bonds. The topological polar surface area (TPSA) is 78.0 Å². The molecule has 1 aromatic heterocycles. The first kappa shape index (κ1) is 18.5. The first-order valence-electron chi connectivity index (χ1n) is 10.2. The van der Waals surface area contributed by atoms with Crippen LogP contribution in [0, 0.1) is 11.3 Å². The fraction of sp³-hybridized carbons (Fsp3) is 0.304. The molecular formula is C23H22N6O. The van der Waals surface area contributed by atoms with Gasteiger partial charge in [-0.3, -0.25) is 9.69 Å². The Balaban J connectivity index is 1.34. The number of nitriles is 1. The molecule has 0 bridgehead atoms. The Kier molecular flexibility index (Phi) is 4.77. The number of benzene rings is 2. The molecule has 0 radical (unpaired) electrons. The second-order valence-corrected chi connectivity index (χ2v) is 7.90. The number of hydrogen-bond donors (Lipinski definition) is 0. The monoisotopic (exact) mass is 398 g/mol. The highest BCUT2D eigenvalue weighted by Crippen LogP contribution is 2.35. The highest BCUT2D eigenvalue weighted by Gasteiger charge is 2.46. The van der Waals surface area contributed by atoms with Crippen molar-refractivity contribution in [2.45, 2.75) is 38.0 Å². The quantitative estimate of drug-likeness (QED) is 0.660. The Hall–Kier alpha value is -3.50. The third kappa shape index (κ3) is 3.36. The average Bonchev–Trinajstić information content (AvgIpc) is 3.49. The van der Waals surface area contributed by atoms with Crippen LogP contribution >= 0.6 is 0 Å². The normalized spacial score (nSPS) is 21.0. The SMILES string of the molecule is N#Cc1cccc(CN2CC[C@H]3[C@@H]2CC(=O)N3Cc2ccccc2-n2cncn2)c1. The van der Waals surface area contributed by atoms with E-state index in [9.17, 15) is 4.79 Å². The third-order valence-electron chi connectivity index (χ3n) is 6.17. The van der Waals surface area contributed by atoms with Gasteiger partial charge in [0.05, 0.1) is 17.3 Å². The van der Waals surface area contributed by atoms with Crippen molar-refractivity contribution in [2.24, 2.45) is 0 Å². The molecule has 30 heavy (non-hydrogen) atoms. The van der Waals surface area contributed by atoms with Crippen LogP contribution < -0.4 is 0 Å². The molecule has 2 aromatic carbocycles. The Bertz CT molecular complexity index is 1100. The summed E-state index contributed by atoms with van der Waals surface area (Å²) in [5, 5.41) is 13.4. The van der Waals surface area contributed by atoms with Crippen molar-refractivity contribution in [3.8, 4) is 11.8 Å². The van der Waals surface area contributed by atoms with Gasteiger partial charge in [0.25, 0.3) is 0 Å². The summed E-state index contributed by atoms with van der Waals surface area (Å²) >= 11 is 0. The van der Waals surface area contributed by atoms with Crippen molar-refractivity contribution < 1.29 is 4.79 Å². The number of fused-ring (bicyclic) bond motifs is 1. The summed E-state index contributed by atoms with van der Waals surface area (Å²) in [4.78, 5) is 21.4. The van der Waals surface area contributed by atoms with E-state index in [1.165, 1.54) is 6.33 Å². The minimum atomic E-state index is 0.203. The molecule has 0 aliphatic carbocycles. The molecule has 0 saturated carbocycles. The van der Waals surface area contributed by atoms with E-state index < -0.39 is 0 Å². The van der Waals surface area contributed by atoms with Gasteiger partial charge in [-0.25, -0.2) is 9.67 Å². The summed E-state index contributed by atoms with van der Waals surface area (Å²) in [5.41, 5.74) is 3.82. The number of nitrogens with zero attached hydrogens (tertiary/aromatic N) is 6. The van der Waals surface area contributed by atoms with Gasteiger partial charge in [-0.15, -0.1) is 0 Å². The standard InChI is InChI=1S/C23H22N6O/c24-12-17-4-3-5-18(10-17)13-27-9-8-21-22(27)11-23(30)28(21)14-19-6-1-2-7-20(19)29-16-25-15-26-29/h1-7,10,15-16,21-22H,8-9,11,13-14H2/t21-,22-/m0/s1. The van der Waals surface area contributed by atoms with E-state index in [2.05, 4.69) is 33.2 Å². The van der Waals surface area contributed by atoms with Crippen LogP contribution in [0.2, 0.25) is 0 Å². The second kappa shape index (κ2) is 7.73. The smallest absolute Gasteiger partial charge is 0.224 e. The molecule has 2 saturated heterocycles. The number of likely N-dealkylation sites (tertiary alicyclic amines) is 2. The average molecular weight is 398 g/mol. The van der Waals surface area contributed by atoms with Crippen LogP contribution in [0.3, 0.4) is 0 Å². The first-order valence-corrected chi connectivity index (χ1v) is 10.2. The van der Waals surface area contributed by atoms with Crippen LogP contribution in [0.5, 0.6) is 0 Å². The van der Waals surface area contributed by atoms with Crippen molar-refractivity contribution in [1.82, 2.24) is 24.6 Å². The molecule has 2 atom stereocenters. The van der Waals surface area contributed by atoms with Gasteiger partial charge in [-0.05, 0) is 35.7 Å². The zero-order chi connectivity index (χ0) is 20.5. The minimum Gasteiger partial charge on any atom is -0.334 e. The molecule has 3 heterocycles. The van der Waals surface area contributed by atoms with Gasteiger partial charge in [0.2, 0.25) is 5.91 Å². The summed E-state index contributed by atoms with van der Waals surface area (Å²) in [7, 11) is 0. The van der Waals surface area contributed by atoms with Crippen LogP contribution in [0.15, 0.2) is 61.2 Å². The Morgan fingerprint density at radius 1 is 1.10 bits per heavy atom. The molecule has 0 unspecified atom stereocenters. The lowest BCUT2D eigenvalue weighted by atomic mass is 10.1. The van der Waals surface area contributed by atoms with Crippen molar-refractivity contribution >= 4 is 5.91 Å². The summed E-state index contributed by atoms with van der Waals surface area (Å²) in [5.74, 6) is 0.203. The molecule has 2 aliphatic heterocycles. The van der Waals surface area contributed by atoms with E-state index >= 15 is 0 Å². The van der Waals surface area contributed by atoms with Crippen molar-refractivity contribution in [1.29, 1.82) is 5.26 Å². The van der Waals surface area contributed by atoms with Crippen LogP contribution in [-0.4, -0.2) is 49.1 Å². The second-order valence-electron chi connectivity index (χ2n) is 7.90. The molecule has 0 spiro atoms. The zero-order valence-corrected chi connectivity index (χ0v) is 16.6. The van der Waals surface area contributed by atoms with Gasteiger partial charge in [-0.2, -0.15) is 10.4 Å². The number of rotatable bonds is 5. The molecule has 7 nitrogen and oxygen atoms in total. The molecular weight excluding hydrogens is 376 g/mol. The zero-order valence-electron chi connectivity index (χ0n) is 16.6. The van der Waals surface area contributed by atoms with E-state index in [0.717, 1.165) is 36.3 Å². The van der Waals surface area contributed by atoms with E-state index in [1.807, 2.05) is 41.3 Å². The maximum Gasteiger partial charge on any atom is 0.224 e. The predicted octanol–water partition coefficient (Wildman–Crippen LogP) is 2.51. The molecule has 150 valence electrons. The summed E-state index contributed by atoms with van der Waals surface area (Å²) in [6, 6.07) is 18.4. The number of hydrogen-bond acceptors (Lipinski definition) is 5. The Morgan fingerprint density at radius 3 is 2.83 bits per heavy atom. The highest BCUT2D eigenvalue weighted by atomic mass is 16.2. The van der Waals surface area contributed by atoms with Crippen LogP contribution in [0.25, 0.3) is 5.69 Å². The van der Waals surface area contributed by atoms with Gasteiger partial charge in [0.15, 0.2) is 0 Å². The predicted molar refractivity (Wildman–Crippen MR) is 110 cm³/mol. The van der Waals surface area contributed by atoms with Crippen molar-refractivity contribution in [3.05, 3.63) is 77.9 Å². The molecule has 3 aromatic rings. The lowest BCUT2D eigenvalue weighted by Gasteiger charge is -2.26.